The van der Waals surface area contributed by atoms with Gasteiger partial charge in [-0.3, -0.25) is 23.9 Å². The minimum absolute atomic E-state index is 0.268. The van der Waals surface area contributed by atoms with Crippen molar-refractivity contribution >= 4 is 28.9 Å². The lowest BCUT2D eigenvalue weighted by molar-refractivity contribution is 0.0624. The summed E-state index contributed by atoms with van der Waals surface area (Å²) in [7, 11) is 0. The van der Waals surface area contributed by atoms with E-state index < -0.39 is 11.8 Å². The highest BCUT2D eigenvalue weighted by atomic mass is 32.1. The van der Waals surface area contributed by atoms with Gasteiger partial charge in [-0.1, -0.05) is 12.1 Å². The molecule has 4 rings (SSSR count). The molecule has 3 heterocycles. The van der Waals surface area contributed by atoms with E-state index in [2.05, 4.69) is 4.98 Å². The van der Waals surface area contributed by atoms with Gasteiger partial charge in [-0.05, 0) is 32.0 Å². The SMILES string of the molecule is Cc1cc(C(=O)CN2C(=O)c3ccccc3C2=O)c(C)n1-c1nccs1. The molecule has 2 amide bonds. The fourth-order valence-corrected chi connectivity index (χ4v) is 4.03. The molecule has 26 heavy (non-hydrogen) atoms. The number of carbonyl (C=O) groups excluding carboxylic acids is 3. The molecule has 3 aromatic rings. The molecule has 1 aliphatic rings. The van der Waals surface area contributed by atoms with Gasteiger partial charge < -0.3 is 0 Å². The topological polar surface area (TPSA) is 72.3 Å². The Bertz CT molecular complexity index is 1020. The number of ketones is 1. The second kappa shape index (κ2) is 6.03. The number of benzene rings is 1. The first-order valence-electron chi connectivity index (χ1n) is 8.06. The molecule has 2 aromatic heterocycles. The second-order valence-electron chi connectivity index (χ2n) is 6.10. The normalized spacial score (nSPS) is 13.4. The van der Waals surface area contributed by atoms with Gasteiger partial charge in [0.1, 0.15) is 0 Å². The number of imide groups is 1. The number of nitrogens with zero attached hydrogens (tertiary/aromatic N) is 3. The molecule has 7 heteroatoms. The van der Waals surface area contributed by atoms with Crippen LogP contribution >= 0.6 is 11.3 Å². The largest absolute Gasteiger partial charge is 0.294 e. The Morgan fingerprint density at radius 2 is 1.77 bits per heavy atom. The molecule has 0 saturated carbocycles. The van der Waals surface area contributed by atoms with E-state index >= 15 is 0 Å². The van der Waals surface area contributed by atoms with Crippen molar-refractivity contribution in [3.63, 3.8) is 0 Å². The zero-order valence-electron chi connectivity index (χ0n) is 14.2. The number of Topliss-reactive ketones (excluding diaryl/α,β-unsaturated/α-hetero) is 1. The van der Waals surface area contributed by atoms with Crippen LogP contribution in [0.15, 0.2) is 41.9 Å². The maximum absolute atomic E-state index is 12.8. The van der Waals surface area contributed by atoms with Crippen LogP contribution in [0.4, 0.5) is 0 Å². The van der Waals surface area contributed by atoms with E-state index in [1.54, 1.807) is 36.5 Å². The van der Waals surface area contributed by atoms with Crippen molar-refractivity contribution < 1.29 is 14.4 Å². The molecule has 0 saturated heterocycles. The molecular formula is C19H15N3O3S. The van der Waals surface area contributed by atoms with Gasteiger partial charge in [-0.15, -0.1) is 11.3 Å². The van der Waals surface area contributed by atoms with E-state index in [1.165, 1.54) is 11.3 Å². The number of aromatic nitrogens is 2. The molecular weight excluding hydrogens is 350 g/mol. The monoisotopic (exact) mass is 365 g/mol. The van der Waals surface area contributed by atoms with E-state index in [0.29, 0.717) is 16.7 Å². The Hall–Kier alpha value is -3.06. The first-order chi connectivity index (χ1) is 12.5. The zero-order chi connectivity index (χ0) is 18.4. The van der Waals surface area contributed by atoms with Crippen LogP contribution in [-0.2, 0) is 0 Å². The average molecular weight is 365 g/mol. The standard InChI is InChI=1S/C19H15N3O3S/c1-11-9-15(12(2)22(11)19-20-7-8-26-19)16(23)10-21-17(24)13-5-3-4-6-14(13)18(21)25/h3-9H,10H2,1-2H3. The third-order valence-electron chi connectivity index (χ3n) is 4.52. The number of hydrogen-bond donors (Lipinski definition) is 0. The summed E-state index contributed by atoms with van der Waals surface area (Å²) in [6, 6.07) is 8.40. The highest BCUT2D eigenvalue weighted by Crippen LogP contribution is 2.25. The lowest BCUT2D eigenvalue weighted by atomic mass is 10.1. The summed E-state index contributed by atoms with van der Waals surface area (Å²) in [4.78, 5) is 43.0. The van der Waals surface area contributed by atoms with E-state index in [4.69, 9.17) is 0 Å². The Morgan fingerprint density at radius 3 is 2.35 bits per heavy atom. The van der Waals surface area contributed by atoms with Gasteiger partial charge >= 0.3 is 0 Å². The summed E-state index contributed by atoms with van der Waals surface area (Å²) < 4.78 is 1.90. The molecule has 0 aliphatic carbocycles. The molecule has 1 aliphatic heterocycles. The minimum atomic E-state index is -0.423. The third kappa shape index (κ3) is 2.40. The number of amides is 2. The number of aryl methyl sites for hydroxylation is 1. The zero-order valence-corrected chi connectivity index (χ0v) is 15.0. The van der Waals surface area contributed by atoms with Gasteiger partial charge in [0.05, 0.1) is 17.7 Å². The van der Waals surface area contributed by atoms with Crippen LogP contribution in [0.2, 0.25) is 0 Å². The summed E-state index contributed by atoms with van der Waals surface area (Å²) in [6.07, 6.45) is 1.71. The predicted octanol–water partition coefficient (Wildman–Crippen LogP) is 3.03. The van der Waals surface area contributed by atoms with Gasteiger partial charge in [0.25, 0.3) is 11.8 Å². The van der Waals surface area contributed by atoms with Crippen molar-refractivity contribution in [1.82, 2.24) is 14.5 Å². The number of rotatable bonds is 4. The van der Waals surface area contributed by atoms with Crippen molar-refractivity contribution in [1.29, 1.82) is 0 Å². The highest BCUT2D eigenvalue weighted by Gasteiger charge is 2.36. The maximum atomic E-state index is 12.8. The second-order valence-corrected chi connectivity index (χ2v) is 6.97. The molecule has 0 bridgehead atoms. The first-order valence-corrected chi connectivity index (χ1v) is 8.94. The first kappa shape index (κ1) is 16.4. The summed E-state index contributed by atoms with van der Waals surface area (Å²) in [5.74, 6) is -1.12. The number of hydrogen-bond acceptors (Lipinski definition) is 5. The van der Waals surface area contributed by atoms with Crippen molar-refractivity contribution in [3.8, 4) is 5.13 Å². The van der Waals surface area contributed by atoms with E-state index in [9.17, 15) is 14.4 Å². The summed E-state index contributed by atoms with van der Waals surface area (Å²) >= 11 is 1.48. The van der Waals surface area contributed by atoms with E-state index in [0.717, 1.165) is 21.4 Å². The number of thiazole rings is 1. The van der Waals surface area contributed by atoms with Crippen LogP contribution in [0.3, 0.4) is 0 Å². The average Bonchev–Trinajstić information content (AvgIpc) is 3.31. The molecule has 0 spiro atoms. The number of fused-ring (bicyclic) bond motifs is 1. The molecule has 0 unspecified atom stereocenters. The summed E-state index contributed by atoms with van der Waals surface area (Å²) in [5, 5.41) is 2.65. The molecule has 0 fully saturated rings. The van der Waals surface area contributed by atoms with Gasteiger partial charge in [-0.25, -0.2) is 4.98 Å². The Balaban J connectivity index is 1.64. The predicted molar refractivity (Wildman–Crippen MR) is 97.1 cm³/mol. The Morgan fingerprint density at radius 1 is 1.12 bits per heavy atom. The molecule has 0 atom stereocenters. The van der Waals surface area contributed by atoms with Crippen LogP contribution in [-0.4, -0.2) is 38.6 Å². The van der Waals surface area contributed by atoms with Gasteiger partial charge in [0.2, 0.25) is 0 Å². The Labute approximate surface area is 153 Å². The van der Waals surface area contributed by atoms with Crippen LogP contribution in [0.1, 0.15) is 42.5 Å². The third-order valence-corrected chi connectivity index (χ3v) is 5.28. The number of carbonyl (C=O) groups is 3. The molecule has 1 aromatic carbocycles. The fourth-order valence-electron chi connectivity index (χ4n) is 3.28. The molecule has 0 N–H and O–H groups in total. The van der Waals surface area contributed by atoms with Gasteiger partial charge in [0, 0.05) is 28.5 Å². The Kier molecular flexibility index (Phi) is 3.81. The van der Waals surface area contributed by atoms with Crippen LogP contribution < -0.4 is 0 Å². The molecule has 0 radical (unpaired) electrons. The lowest BCUT2D eigenvalue weighted by Gasteiger charge is -2.13. The highest BCUT2D eigenvalue weighted by molar-refractivity contribution is 7.12. The molecule has 130 valence electrons. The van der Waals surface area contributed by atoms with E-state index in [-0.39, 0.29) is 12.3 Å². The van der Waals surface area contributed by atoms with Crippen molar-refractivity contribution in [2.75, 3.05) is 6.54 Å². The minimum Gasteiger partial charge on any atom is -0.294 e. The van der Waals surface area contributed by atoms with Crippen LogP contribution in [0, 0.1) is 13.8 Å². The summed E-state index contributed by atoms with van der Waals surface area (Å²) in [5.41, 5.74) is 2.81. The van der Waals surface area contributed by atoms with Crippen LogP contribution in [0.25, 0.3) is 5.13 Å². The summed E-state index contributed by atoms with van der Waals surface area (Å²) in [6.45, 7) is 3.46. The maximum Gasteiger partial charge on any atom is 0.261 e. The molecule has 6 nitrogen and oxygen atoms in total. The van der Waals surface area contributed by atoms with Crippen molar-refractivity contribution in [2.24, 2.45) is 0 Å². The fraction of sp³-hybridized carbons (Fsp3) is 0.158. The smallest absolute Gasteiger partial charge is 0.261 e. The van der Waals surface area contributed by atoms with Crippen molar-refractivity contribution in [2.45, 2.75) is 13.8 Å². The van der Waals surface area contributed by atoms with Gasteiger partial charge in [-0.2, -0.15) is 0 Å². The lowest BCUT2D eigenvalue weighted by Crippen LogP contribution is -2.35. The quantitative estimate of drug-likeness (QED) is 0.526. The van der Waals surface area contributed by atoms with Crippen LogP contribution in [0.5, 0.6) is 0 Å². The van der Waals surface area contributed by atoms with Crippen molar-refractivity contribution in [3.05, 3.63) is 70.0 Å². The van der Waals surface area contributed by atoms with Gasteiger partial charge in [0.15, 0.2) is 10.9 Å². The van der Waals surface area contributed by atoms with E-state index in [1.807, 2.05) is 23.8 Å².